The maximum Gasteiger partial charge on any atom is 0.220 e. The van der Waals surface area contributed by atoms with Gasteiger partial charge in [0.25, 0.3) is 0 Å². The average molecular weight is 322 g/mol. The van der Waals surface area contributed by atoms with E-state index in [-0.39, 0.29) is 5.91 Å². The molecule has 0 heterocycles. The van der Waals surface area contributed by atoms with Crippen molar-refractivity contribution in [2.75, 3.05) is 20.1 Å². The van der Waals surface area contributed by atoms with Gasteiger partial charge in [0, 0.05) is 32.6 Å². The fourth-order valence-electron chi connectivity index (χ4n) is 3.47. The smallest absolute Gasteiger partial charge is 0.220 e. The summed E-state index contributed by atoms with van der Waals surface area (Å²) < 4.78 is 0. The Balaban J connectivity index is 1.60. The maximum atomic E-state index is 11.6. The van der Waals surface area contributed by atoms with Crippen molar-refractivity contribution >= 4 is 11.9 Å². The van der Waals surface area contributed by atoms with Gasteiger partial charge in [-0.1, -0.05) is 20.3 Å². The molecule has 2 rings (SSSR count). The van der Waals surface area contributed by atoms with Gasteiger partial charge < -0.3 is 16.0 Å². The predicted octanol–water partition coefficient (Wildman–Crippen LogP) is 2.43. The third kappa shape index (κ3) is 6.40. The van der Waals surface area contributed by atoms with Crippen LogP contribution in [0, 0.1) is 11.3 Å². The van der Waals surface area contributed by atoms with E-state index in [4.69, 9.17) is 0 Å². The number of aliphatic imine (C=N–C) groups is 1. The number of rotatable bonds is 9. The van der Waals surface area contributed by atoms with Crippen LogP contribution in [0.2, 0.25) is 0 Å². The molecule has 2 fully saturated rings. The van der Waals surface area contributed by atoms with Gasteiger partial charge in [0.1, 0.15) is 0 Å². The van der Waals surface area contributed by atoms with E-state index in [2.05, 4.69) is 34.8 Å². The van der Waals surface area contributed by atoms with Crippen LogP contribution in [0.3, 0.4) is 0 Å². The molecule has 2 aliphatic rings. The monoisotopic (exact) mass is 322 g/mol. The highest BCUT2D eigenvalue weighted by Crippen LogP contribution is 2.45. The van der Waals surface area contributed by atoms with Crippen molar-refractivity contribution in [3.63, 3.8) is 0 Å². The highest BCUT2D eigenvalue weighted by atomic mass is 16.1. The van der Waals surface area contributed by atoms with Crippen molar-refractivity contribution < 1.29 is 4.79 Å². The van der Waals surface area contributed by atoms with Crippen molar-refractivity contribution in [1.29, 1.82) is 0 Å². The second kappa shape index (κ2) is 8.55. The SMILES string of the molecule is CN=C(NCCCC(=O)NC1CC1)NCC1(CC(C)C)CCC1. The molecule has 5 nitrogen and oxygen atoms in total. The van der Waals surface area contributed by atoms with Gasteiger partial charge in [0.15, 0.2) is 5.96 Å². The molecular formula is C18H34N4O. The van der Waals surface area contributed by atoms with E-state index < -0.39 is 0 Å². The van der Waals surface area contributed by atoms with Crippen LogP contribution in [0.4, 0.5) is 0 Å². The van der Waals surface area contributed by atoms with Gasteiger partial charge in [-0.3, -0.25) is 9.79 Å². The minimum atomic E-state index is 0.183. The molecule has 0 bridgehead atoms. The van der Waals surface area contributed by atoms with Crippen LogP contribution >= 0.6 is 0 Å². The summed E-state index contributed by atoms with van der Waals surface area (Å²) in [7, 11) is 1.81. The molecule has 0 atom stereocenters. The summed E-state index contributed by atoms with van der Waals surface area (Å²) in [6.07, 6.45) is 9.05. The number of amides is 1. The number of hydrogen-bond donors (Lipinski definition) is 3. The highest BCUT2D eigenvalue weighted by Gasteiger charge is 2.37. The van der Waals surface area contributed by atoms with E-state index in [1.165, 1.54) is 25.7 Å². The third-order valence-corrected chi connectivity index (χ3v) is 4.93. The fourth-order valence-corrected chi connectivity index (χ4v) is 3.47. The zero-order valence-corrected chi connectivity index (χ0v) is 15.1. The number of nitrogens with one attached hydrogen (secondary N) is 3. The standard InChI is InChI=1S/C18H34N4O/c1-14(2)12-18(9-5-10-18)13-21-17(19-3)20-11-4-6-16(23)22-15-7-8-15/h14-15H,4-13H2,1-3H3,(H,22,23)(H2,19,20,21). The van der Waals surface area contributed by atoms with Crippen molar-refractivity contribution in [1.82, 2.24) is 16.0 Å². The fraction of sp³-hybridized carbons (Fsp3) is 0.889. The molecule has 2 aliphatic carbocycles. The second-order valence-electron chi connectivity index (χ2n) is 7.75. The molecule has 0 aromatic carbocycles. The Labute approximate surface area is 141 Å². The Morgan fingerprint density at radius 2 is 2.00 bits per heavy atom. The van der Waals surface area contributed by atoms with E-state index in [1.54, 1.807) is 0 Å². The van der Waals surface area contributed by atoms with Gasteiger partial charge in [-0.2, -0.15) is 0 Å². The molecule has 3 N–H and O–H groups in total. The summed E-state index contributed by atoms with van der Waals surface area (Å²) in [6.45, 7) is 6.40. The van der Waals surface area contributed by atoms with Gasteiger partial charge in [0.05, 0.1) is 0 Å². The summed E-state index contributed by atoms with van der Waals surface area (Å²) in [4.78, 5) is 15.9. The van der Waals surface area contributed by atoms with E-state index >= 15 is 0 Å². The molecule has 1 amide bonds. The van der Waals surface area contributed by atoms with Gasteiger partial charge in [-0.15, -0.1) is 0 Å². The van der Waals surface area contributed by atoms with Crippen LogP contribution in [-0.2, 0) is 4.79 Å². The second-order valence-corrected chi connectivity index (χ2v) is 7.75. The summed E-state index contributed by atoms with van der Waals surface area (Å²) in [5.41, 5.74) is 0.468. The lowest BCUT2D eigenvalue weighted by Gasteiger charge is -2.43. The molecule has 2 saturated carbocycles. The van der Waals surface area contributed by atoms with Crippen LogP contribution in [0.1, 0.15) is 65.2 Å². The minimum absolute atomic E-state index is 0.183. The maximum absolute atomic E-state index is 11.6. The molecule has 0 aliphatic heterocycles. The zero-order chi connectivity index (χ0) is 16.7. The summed E-state index contributed by atoms with van der Waals surface area (Å²) in [6, 6.07) is 0.463. The average Bonchev–Trinajstić information content (AvgIpc) is 3.26. The van der Waals surface area contributed by atoms with Gasteiger partial charge >= 0.3 is 0 Å². The number of guanidine groups is 1. The molecule has 0 radical (unpaired) electrons. The zero-order valence-electron chi connectivity index (χ0n) is 15.1. The summed E-state index contributed by atoms with van der Waals surface area (Å²) >= 11 is 0. The van der Waals surface area contributed by atoms with Crippen molar-refractivity contribution in [2.24, 2.45) is 16.3 Å². The van der Waals surface area contributed by atoms with Gasteiger partial charge in [-0.25, -0.2) is 0 Å². The molecule has 23 heavy (non-hydrogen) atoms. The van der Waals surface area contributed by atoms with Crippen molar-refractivity contribution in [3.05, 3.63) is 0 Å². The quantitative estimate of drug-likeness (QED) is 0.347. The number of carbonyl (C=O) groups is 1. The van der Waals surface area contributed by atoms with E-state index in [1.807, 2.05) is 7.05 Å². The molecule has 0 saturated heterocycles. The van der Waals surface area contributed by atoms with Crippen LogP contribution < -0.4 is 16.0 Å². The normalized spacial score (nSPS) is 20.1. The van der Waals surface area contributed by atoms with Crippen LogP contribution in [0.5, 0.6) is 0 Å². The first-order chi connectivity index (χ1) is 11.0. The van der Waals surface area contributed by atoms with Crippen molar-refractivity contribution in [2.45, 2.75) is 71.3 Å². The van der Waals surface area contributed by atoms with Crippen LogP contribution in [0.15, 0.2) is 4.99 Å². The topological polar surface area (TPSA) is 65.5 Å². The first-order valence-corrected chi connectivity index (χ1v) is 9.27. The van der Waals surface area contributed by atoms with Crippen molar-refractivity contribution in [3.8, 4) is 0 Å². The Morgan fingerprint density at radius 1 is 1.26 bits per heavy atom. The van der Waals surface area contributed by atoms with Gasteiger partial charge in [-0.05, 0) is 49.9 Å². The lowest BCUT2D eigenvalue weighted by atomic mass is 9.64. The predicted molar refractivity (Wildman–Crippen MR) is 95.5 cm³/mol. The largest absolute Gasteiger partial charge is 0.356 e. The Morgan fingerprint density at radius 3 is 2.52 bits per heavy atom. The number of nitrogens with zero attached hydrogens (tertiary/aromatic N) is 1. The third-order valence-electron chi connectivity index (χ3n) is 4.93. The number of carbonyl (C=O) groups excluding carboxylic acids is 1. The first-order valence-electron chi connectivity index (χ1n) is 9.27. The van der Waals surface area contributed by atoms with Crippen LogP contribution in [0.25, 0.3) is 0 Å². The Bertz CT molecular complexity index is 411. The Kier molecular flexibility index (Phi) is 6.72. The lowest BCUT2D eigenvalue weighted by molar-refractivity contribution is -0.121. The molecule has 5 heteroatoms. The molecule has 0 aromatic rings. The number of hydrogen-bond acceptors (Lipinski definition) is 2. The van der Waals surface area contributed by atoms with Crippen LogP contribution in [-0.4, -0.2) is 38.0 Å². The van der Waals surface area contributed by atoms with E-state index in [0.717, 1.165) is 44.2 Å². The summed E-state index contributed by atoms with van der Waals surface area (Å²) in [5.74, 6) is 1.79. The molecule has 132 valence electrons. The minimum Gasteiger partial charge on any atom is -0.356 e. The molecule has 0 spiro atoms. The Hall–Kier alpha value is -1.26. The molecule has 0 unspecified atom stereocenters. The van der Waals surface area contributed by atoms with E-state index in [9.17, 15) is 4.79 Å². The molecular weight excluding hydrogens is 288 g/mol. The molecule has 0 aromatic heterocycles. The lowest BCUT2D eigenvalue weighted by Crippen LogP contribution is -2.47. The van der Waals surface area contributed by atoms with Gasteiger partial charge in [0.2, 0.25) is 5.91 Å². The first kappa shape index (κ1) is 18.1. The highest BCUT2D eigenvalue weighted by molar-refractivity contribution is 5.80. The van der Waals surface area contributed by atoms with E-state index in [0.29, 0.717) is 17.9 Å². The summed E-state index contributed by atoms with van der Waals surface area (Å²) in [5, 5.41) is 9.83.